The van der Waals surface area contributed by atoms with Gasteiger partial charge >= 0.3 is 6.03 Å². The lowest BCUT2D eigenvalue weighted by atomic mass is 9.97. The van der Waals surface area contributed by atoms with E-state index in [0.29, 0.717) is 30.8 Å². The molecule has 5 amide bonds. The molecule has 8 nitrogen and oxygen atoms in total. The molecule has 0 radical (unpaired) electrons. The van der Waals surface area contributed by atoms with Gasteiger partial charge in [0.1, 0.15) is 6.54 Å². The Morgan fingerprint density at radius 1 is 1.03 bits per heavy atom. The predicted molar refractivity (Wildman–Crippen MR) is 107 cm³/mol. The molecule has 156 valence electrons. The largest absolute Gasteiger partial charge is 0.354 e. The predicted octanol–water partition coefficient (Wildman–Crippen LogP) is 1.62. The molecule has 1 aromatic carbocycles. The normalized spacial score (nSPS) is 17.3. The third kappa shape index (κ3) is 4.93. The van der Waals surface area contributed by atoms with Crippen molar-refractivity contribution < 1.29 is 19.2 Å². The summed E-state index contributed by atoms with van der Waals surface area (Å²) in [5.41, 5.74) is 0.406. The molecule has 1 aromatic rings. The van der Waals surface area contributed by atoms with Gasteiger partial charge in [0.15, 0.2) is 0 Å². The Morgan fingerprint density at radius 2 is 1.59 bits per heavy atom. The SMILES string of the molecule is CC(C)(C)NC(=O)N1CCC(CNC(=O)CN2C(=O)c3ccccc3C2=O)CC1. The van der Waals surface area contributed by atoms with Crippen LogP contribution in [0.15, 0.2) is 24.3 Å². The molecule has 0 spiro atoms. The molecule has 0 saturated carbocycles. The summed E-state index contributed by atoms with van der Waals surface area (Å²) in [5, 5.41) is 5.78. The van der Waals surface area contributed by atoms with Gasteiger partial charge in [-0.25, -0.2) is 4.79 Å². The fourth-order valence-corrected chi connectivity index (χ4v) is 3.58. The van der Waals surface area contributed by atoms with Crippen LogP contribution in [0.3, 0.4) is 0 Å². The zero-order chi connectivity index (χ0) is 21.2. The van der Waals surface area contributed by atoms with Gasteiger partial charge in [-0.1, -0.05) is 12.1 Å². The van der Waals surface area contributed by atoms with Gasteiger partial charge in [-0.3, -0.25) is 19.3 Å². The number of rotatable bonds is 4. The lowest BCUT2D eigenvalue weighted by Gasteiger charge is -2.34. The summed E-state index contributed by atoms with van der Waals surface area (Å²) in [4.78, 5) is 51.9. The summed E-state index contributed by atoms with van der Waals surface area (Å²) in [6.45, 7) is 7.31. The topological polar surface area (TPSA) is 98.8 Å². The van der Waals surface area contributed by atoms with Gasteiger partial charge in [-0.2, -0.15) is 0 Å². The Kier molecular flexibility index (Phi) is 5.91. The van der Waals surface area contributed by atoms with Crippen molar-refractivity contribution in [3.05, 3.63) is 35.4 Å². The number of carbonyl (C=O) groups is 4. The highest BCUT2D eigenvalue weighted by molar-refractivity contribution is 6.22. The maximum Gasteiger partial charge on any atom is 0.317 e. The van der Waals surface area contributed by atoms with Crippen molar-refractivity contribution in [2.45, 2.75) is 39.2 Å². The third-order valence-corrected chi connectivity index (χ3v) is 5.15. The number of likely N-dealkylation sites (tertiary alicyclic amines) is 1. The van der Waals surface area contributed by atoms with Crippen molar-refractivity contribution >= 4 is 23.8 Å². The van der Waals surface area contributed by atoms with Gasteiger partial charge < -0.3 is 15.5 Å². The Labute approximate surface area is 170 Å². The van der Waals surface area contributed by atoms with Crippen LogP contribution in [0.5, 0.6) is 0 Å². The number of amides is 5. The van der Waals surface area contributed by atoms with Crippen LogP contribution in [0.25, 0.3) is 0 Å². The van der Waals surface area contributed by atoms with Gasteiger partial charge in [-0.15, -0.1) is 0 Å². The number of hydrogen-bond acceptors (Lipinski definition) is 4. The Balaban J connectivity index is 1.43. The molecule has 0 unspecified atom stereocenters. The molecule has 1 fully saturated rings. The fraction of sp³-hybridized carbons (Fsp3) is 0.524. The van der Waals surface area contributed by atoms with Crippen molar-refractivity contribution in [3.8, 4) is 0 Å². The van der Waals surface area contributed by atoms with Crippen LogP contribution in [0, 0.1) is 5.92 Å². The molecule has 2 aliphatic rings. The van der Waals surface area contributed by atoms with Crippen molar-refractivity contribution in [2.24, 2.45) is 5.92 Å². The number of nitrogens with zero attached hydrogens (tertiary/aromatic N) is 2. The second-order valence-electron chi connectivity index (χ2n) is 8.66. The number of fused-ring (bicyclic) bond motifs is 1. The van der Waals surface area contributed by atoms with Crippen LogP contribution in [-0.2, 0) is 4.79 Å². The van der Waals surface area contributed by atoms with Crippen molar-refractivity contribution in [3.63, 3.8) is 0 Å². The third-order valence-electron chi connectivity index (χ3n) is 5.15. The summed E-state index contributed by atoms with van der Waals surface area (Å²) in [7, 11) is 0. The van der Waals surface area contributed by atoms with Crippen LogP contribution in [0.1, 0.15) is 54.3 Å². The first-order valence-corrected chi connectivity index (χ1v) is 9.95. The number of piperidine rings is 1. The monoisotopic (exact) mass is 400 g/mol. The van der Waals surface area contributed by atoms with E-state index in [0.717, 1.165) is 17.7 Å². The highest BCUT2D eigenvalue weighted by atomic mass is 16.2. The molecule has 0 aliphatic carbocycles. The van der Waals surface area contributed by atoms with E-state index in [2.05, 4.69) is 10.6 Å². The fourth-order valence-electron chi connectivity index (χ4n) is 3.58. The van der Waals surface area contributed by atoms with E-state index in [1.807, 2.05) is 20.8 Å². The molecular weight excluding hydrogens is 372 g/mol. The number of nitrogens with one attached hydrogen (secondary N) is 2. The summed E-state index contributed by atoms with van der Waals surface area (Å²) >= 11 is 0. The minimum Gasteiger partial charge on any atom is -0.354 e. The highest BCUT2D eigenvalue weighted by Crippen LogP contribution is 2.22. The molecule has 2 heterocycles. The van der Waals surface area contributed by atoms with E-state index < -0.39 is 11.8 Å². The molecule has 0 bridgehead atoms. The summed E-state index contributed by atoms with van der Waals surface area (Å²) < 4.78 is 0. The first-order valence-electron chi connectivity index (χ1n) is 9.95. The number of imide groups is 1. The van der Waals surface area contributed by atoms with Crippen molar-refractivity contribution in [1.82, 2.24) is 20.4 Å². The lowest BCUT2D eigenvalue weighted by molar-refractivity contribution is -0.121. The van der Waals surface area contributed by atoms with Crippen LogP contribution in [0.4, 0.5) is 4.79 Å². The van der Waals surface area contributed by atoms with Gasteiger partial charge in [0.25, 0.3) is 11.8 Å². The number of benzene rings is 1. The Morgan fingerprint density at radius 3 is 2.10 bits per heavy atom. The van der Waals surface area contributed by atoms with E-state index in [1.54, 1.807) is 29.2 Å². The zero-order valence-electron chi connectivity index (χ0n) is 17.2. The van der Waals surface area contributed by atoms with E-state index in [9.17, 15) is 19.2 Å². The summed E-state index contributed by atoms with van der Waals surface area (Å²) in [5.74, 6) is -0.954. The average molecular weight is 400 g/mol. The molecule has 1 saturated heterocycles. The van der Waals surface area contributed by atoms with Crippen LogP contribution in [0.2, 0.25) is 0 Å². The van der Waals surface area contributed by atoms with Gasteiger partial charge in [0.2, 0.25) is 5.91 Å². The molecule has 29 heavy (non-hydrogen) atoms. The standard InChI is InChI=1S/C21H28N4O4/c1-21(2,3)23-20(29)24-10-8-14(9-11-24)12-22-17(26)13-25-18(27)15-6-4-5-7-16(15)19(25)28/h4-7,14H,8-13H2,1-3H3,(H,22,26)(H,23,29). The van der Waals surface area contributed by atoms with Gasteiger partial charge in [0, 0.05) is 25.2 Å². The van der Waals surface area contributed by atoms with E-state index in [4.69, 9.17) is 0 Å². The number of carbonyl (C=O) groups excluding carboxylic acids is 4. The maximum absolute atomic E-state index is 12.3. The van der Waals surface area contributed by atoms with Crippen LogP contribution < -0.4 is 10.6 Å². The van der Waals surface area contributed by atoms with E-state index in [-0.39, 0.29) is 29.9 Å². The number of urea groups is 1. The molecule has 8 heteroatoms. The van der Waals surface area contributed by atoms with Crippen molar-refractivity contribution in [1.29, 1.82) is 0 Å². The first kappa shape index (κ1) is 20.8. The summed E-state index contributed by atoms with van der Waals surface area (Å²) in [6.07, 6.45) is 1.59. The average Bonchev–Trinajstić information content (AvgIpc) is 2.91. The van der Waals surface area contributed by atoms with Crippen LogP contribution >= 0.6 is 0 Å². The minimum atomic E-state index is -0.432. The second kappa shape index (κ2) is 8.23. The quantitative estimate of drug-likeness (QED) is 0.751. The summed E-state index contributed by atoms with van der Waals surface area (Å²) in [6, 6.07) is 6.52. The Hall–Kier alpha value is -2.90. The van der Waals surface area contributed by atoms with E-state index in [1.165, 1.54) is 0 Å². The lowest BCUT2D eigenvalue weighted by Crippen LogP contribution is -2.51. The zero-order valence-corrected chi connectivity index (χ0v) is 17.2. The van der Waals surface area contributed by atoms with E-state index >= 15 is 0 Å². The molecule has 0 atom stereocenters. The smallest absolute Gasteiger partial charge is 0.317 e. The minimum absolute atomic E-state index is 0.0643. The Bertz CT molecular complexity index is 787. The molecule has 3 rings (SSSR count). The molecule has 2 aliphatic heterocycles. The highest BCUT2D eigenvalue weighted by Gasteiger charge is 2.36. The van der Waals surface area contributed by atoms with Crippen molar-refractivity contribution in [2.75, 3.05) is 26.2 Å². The molecule has 2 N–H and O–H groups in total. The second-order valence-corrected chi connectivity index (χ2v) is 8.66. The van der Waals surface area contributed by atoms with Gasteiger partial charge in [-0.05, 0) is 51.7 Å². The van der Waals surface area contributed by atoms with Gasteiger partial charge in [0.05, 0.1) is 11.1 Å². The maximum atomic E-state index is 12.3. The first-order chi connectivity index (χ1) is 13.7. The number of hydrogen-bond donors (Lipinski definition) is 2. The molecule has 0 aromatic heterocycles. The van der Waals surface area contributed by atoms with Crippen LogP contribution in [-0.4, -0.2) is 65.3 Å². The molecular formula is C21H28N4O4.